The fraction of sp³-hybridized carbons (Fsp3) is 0.545. The normalized spacial score (nSPS) is 10.5. The maximum Gasteiger partial charge on any atom is 0.130 e. The molecule has 1 aromatic rings. The molecule has 0 amide bonds. The van der Waals surface area contributed by atoms with Gasteiger partial charge in [-0.2, -0.15) is 0 Å². The van der Waals surface area contributed by atoms with Crippen molar-refractivity contribution in [2.45, 2.75) is 0 Å². The highest BCUT2D eigenvalue weighted by Gasteiger charge is 2.02. The second-order valence-corrected chi connectivity index (χ2v) is 3.86. The first-order valence-corrected chi connectivity index (χ1v) is 5.14. The summed E-state index contributed by atoms with van der Waals surface area (Å²) >= 11 is 0. The van der Waals surface area contributed by atoms with Crippen LogP contribution in [0.5, 0.6) is 0 Å². The molecule has 0 unspecified atom stereocenters. The number of hydrogen-bond donors (Lipinski definition) is 1. The molecule has 1 N–H and O–H groups in total. The number of anilines is 2. The maximum absolute atomic E-state index is 4.47. The van der Waals surface area contributed by atoms with E-state index < -0.39 is 0 Å². The van der Waals surface area contributed by atoms with Gasteiger partial charge in [0.1, 0.15) is 11.6 Å². The van der Waals surface area contributed by atoms with E-state index in [9.17, 15) is 0 Å². The van der Waals surface area contributed by atoms with Crippen molar-refractivity contribution in [1.29, 1.82) is 0 Å². The summed E-state index contributed by atoms with van der Waals surface area (Å²) in [6.45, 7) is 2.01. The summed E-state index contributed by atoms with van der Waals surface area (Å²) in [6.07, 6.45) is 0. The molecule has 0 aliphatic rings. The zero-order chi connectivity index (χ0) is 11.3. The Bertz CT molecular complexity index is 298. The molecule has 0 aromatic carbocycles. The van der Waals surface area contributed by atoms with E-state index in [0.29, 0.717) is 0 Å². The van der Waals surface area contributed by atoms with Crippen molar-refractivity contribution < 1.29 is 0 Å². The van der Waals surface area contributed by atoms with Gasteiger partial charge in [0.25, 0.3) is 0 Å². The van der Waals surface area contributed by atoms with E-state index in [1.807, 2.05) is 25.2 Å². The molecule has 0 aliphatic heterocycles. The topological polar surface area (TPSA) is 31.4 Å². The number of nitrogens with zero attached hydrogens (tertiary/aromatic N) is 3. The standard InChI is InChI=1S/C11H20N4/c1-12-10-6-5-7-11(13-10)15(4)9-8-14(2)3/h5-7H,8-9H2,1-4H3,(H,12,13). The van der Waals surface area contributed by atoms with Gasteiger partial charge in [-0.3, -0.25) is 0 Å². The number of likely N-dealkylation sites (N-methyl/N-ethyl adjacent to an activating group) is 2. The third-order valence-electron chi connectivity index (χ3n) is 2.26. The lowest BCUT2D eigenvalue weighted by atomic mass is 10.4. The lowest BCUT2D eigenvalue weighted by molar-refractivity contribution is 0.416. The van der Waals surface area contributed by atoms with E-state index in [2.05, 4.69) is 41.2 Å². The van der Waals surface area contributed by atoms with Crippen LogP contribution in [0.4, 0.5) is 11.6 Å². The van der Waals surface area contributed by atoms with E-state index in [0.717, 1.165) is 24.7 Å². The lowest BCUT2D eigenvalue weighted by Crippen LogP contribution is -2.29. The van der Waals surface area contributed by atoms with Gasteiger partial charge in [-0.25, -0.2) is 4.98 Å². The first kappa shape index (κ1) is 11.8. The zero-order valence-corrected chi connectivity index (χ0v) is 9.99. The summed E-state index contributed by atoms with van der Waals surface area (Å²) in [6, 6.07) is 6.00. The van der Waals surface area contributed by atoms with Crippen molar-refractivity contribution in [1.82, 2.24) is 9.88 Å². The smallest absolute Gasteiger partial charge is 0.130 e. The molecule has 0 saturated heterocycles. The Morgan fingerprint density at radius 1 is 1.20 bits per heavy atom. The molecule has 0 bridgehead atoms. The van der Waals surface area contributed by atoms with Crippen LogP contribution in [0.25, 0.3) is 0 Å². The third-order valence-corrected chi connectivity index (χ3v) is 2.26. The van der Waals surface area contributed by atoms with Crippen LogP contribution >= 0.6 is 0 Å². The molecule has 0 fully saturated rings. The number of rotatable bonds is 5. The third kappa shape index (κ3) is 3.75. The van der Waals surface area contributed by atoms with Crippen LogP contribution < -0.4 is 10.2 Å². The van der Waals surface area contributed by atoms with E-state index in [-0.39, 0.29) is 0 Å². The number of pyridine rings is 1. The fourth-order valence-corrected chi connectivity index (χ4v) is 1.24. The fourth-order valence-electron chi connectivity index (χ4n) is 1.24. The van der Waals surface area contributed by atoms with Crippen LogP contribution in [0.2, 0.25) is 0 Å². The molecule has 0 atom stereocenters. The Hall–Kier alpha value is -1.29. The van der Waals surface area contributed by atoms with Gasteiger partial charge in [0, 0.05) is 27.2 Å². The second-order valence-electron chi connectivity index (χ2n) is 3.86. The van der Waals surface area contributed by atoms with Gasteiger partial charge in [-0.05, 0) is 26.2 Å². The van der Waals surface area contributed by atoms with Crippen LogP contribution in [0.3, 0.4) is 0 Å². The van der Waals surface area contributed by atoms with Crippen molar-refractivity contribution in [3.8, 4) is 0 Å². The second kappa shape index (κ2) is 5.56. The van der Waals surface area contributed by atoms with Crippen molar-refractivity contribution in [2.24, 2.45) is 0 Å². The molecule has 0 saturated carbocycles. The number of nitrogens with one attached hydrogen (secondary N) is 1. The summed E-state index contributed by atoms with van der Waals surface area (Å²) in [5.41, 5.74) is 0. The highest BCUT2D eigenvalue weighted by atomic mass is 15.2. The Morgan fingerprint density at radius 2 is 1.93 bits per heavy atom. The average Bonchev–Trinajstić information content (AvgIpc) is 2.26. The van der Waals surface area contributed by atoms with Gasteiger partial charge >= 0.3 is 0 Å². The summed E-state index contributed by atoms with van der Waals surface area (Å²) < 4.78 is 0. The largest absolute Gasteiger partial charge is 0.373 e. The number of hydrogen-bond acceptors (Lipinski definition) is 4. The molecule has 0 spiro atoms. The monoisotopic (exact) mass is 208 g/mol. The molecule has 15 heavy (non-hydrogen) atoms. The first-order valence-electron chi connectivity index (χ1n) is 5.14. The molecule has 1 aromatic heterocycles. The van der Waals surface area contributed by atoms with Gasteiger partial charge < -0.3 is 15.1 Å². The SMILES string of the molecule is CNc1cccc(N(C)CCN(C)C)n1. The Balaban J connectivity index is 2.60. The summed E-state index contributed by atoms with van der Waals surface area (Å²) in [5.74, 6) is 1.91. The summed E-state index contributed by atoms with van der Waals surface area (Å²) in [5, 5.41) is 3.04. The van der Waals surface area contributed by atoms with Crippen molar-refractivity contribution in [3.05, 3.63) is 18.2 Å². The van der Waals surface area contributed by atoms with Crippen LogP contribution in [-0.4, -0.2) is 51.2 Å². The molecule has 1 heterocycles. The minimum Gasteiger partial charge on any atom is -0.373 e. The maximum atomic E-state index is 4.47. The summed E-state index contributed by atoms with van der Waals surface area (Å²) in [4.78, 5) is 8.78. The van der Waals surface area contributed by atoms with Gasteiger partial charge in [-0.1, -0.05) is 6.07 Å². The van der Waals surface area contributed by atoms with E-state index in [1.54, 1.807) is 0 Å². The Morgan fingerprint density at radius 3 is 2.53 bits per heavy atom. The van der Waals surface area contributed by atoms with Crippen LogP contribution in [0.1, 0.15) is 0 Å². The van der Waals surface area contributed by atoms with Crippen molar-refractivity contribution >= 4 is 11.6 Å². The van der Waals surface area contributed by atoms with E-state index >= 15 is 0 Å². The molecule has 0 radical (unpaired) electrons. The van der Waals surface area contributed by atoms with Crippen LogP contribution in [-0.2, 0) is 0 Å². The lowest BCUT2D eigenvalue weighted by Gasteiger charge is -2.20. The molecule has 4 nitrogen and oxygen atoms in total. The van der Waals surface area contributed by atoms with E-state index in [4.69, 9.17) is 0 Å². The Labute approximate surface area is 91.9 Å². The quantitative estimate of drug-likeness (QED) is 0.786. The van der Waals surface area contributed by atoms with Gasteiger partial charge in [0.2, 0.25) is 0 Å². The van der Waals surface area contributed by atoms with Crippen molar-refractivity contribution in [3.63, 3.8) is 0 Å². The molecular formula is C11H20N4. The van der Waals surface area contributed by atoms with Crippen molar-refractivity contribution in [2.75, 3.05) is 51.5 Å². The average molecular weight is 208 g/mol. The highest BCUT2D eigenvalue weighted by Crippen LogP contribution is 2.11. The van der Waals surface area contributed by atoms with Crippen LogP contribution in [0.15, 0.2) is 18.2 Å². The minimum atomic E-state index is 0.907. The summed E-state index contributed by atoms with van der Waals surface area (Å²) in [7, 11) is 8.09. The van der Waals surface area contributed by atoms with Gasteiger partial charge in [0.15, 0.2) is 0 Å². The Kier molecular flexibility index (Phi) is 4.37. The molecule has 84 valence electrons. The molecular weight excluding hydrogens is 188 g/mol. The number of aromatic nitrogens is 1. The van der Waals surface area contributed by atoms with Gasteiger partial charge in [-0.15, -0.1) is 0 Å². The highest BCUT2D eigenvalue weighted by molar-refractivity contribution is 5.46. The minimum absolute atomic E-state index is 0.907. The molecule has 0 aliphatic carbocycles. The van der Waals surface area contributed by atoms with E-state index in [1.165, 1.54) is 0 Å². The van der Waals surface area contributed by atoms with Crippen LogP contribution in [0, 0.1) is 0 Å². The first-order chi connectivity index (χ1) is 7.13. The predicted molar refractivity (Wildman–Crippen MR) is 65.6 cm³/mol. The molecule has 4 heteroatoms. The van der Waals surface area contributed by atoms with Gasteiger partial charge in [0.05, 0.1) is 0 Å². The zero-order valence-electron chi connectivity index (χ0n) is 9.99. The molecule has 1 rings (SSSR count). The predicted octanol–water partition coefficient (Wildman–Crippen LogP) is 1.12.